The van der Waals surface area contributed by atoms with Crippen molar-refractivity contribution < 1.29 is 13.9 Å². The molecule has 2 aliphatic heterocycles. The normalized spacial score (nSPS) is 24.3. The first-order chi connectivity index (χ1) is 13.5. The average Bonchev–Trinajstić information content (AvgIpc) is 2.66. The number of hydrogen-bond acceptors (Lipinski definition) is 5. The molecule has 1 aromatic carbocycles. The van der Waals surface area contributed by atoms with E-state index in [4.69, 9.17) is 4.74 Å². The molecule has 2 aliphatic rings. The molecular weight excluding hydrogens is 359 g/mol. The van der Waals surface area contributed by atoms with Crippen LogP contribution in [0.15, 0.2) is 24.3 Å². The van der Waals surface area contributed by atoms with Gasteiger partial charge in [0.25, 0.3) is 0 Å². The lowest BCUT2D eigenvalue weighted by Gasteiger charge is -2.36. The highest BCUT2D eigenvalue weighted by atomic mass is 19.1. The molecule has 0 bridgehead atoms. The molecule has 2 atom stereocenters. The van der Waals surface area contributed by atoms with Gasteiger partial charge in [0.05, 0.1) is 24.4 Å². The van der Waals surface area contributed by atoms with Gasteiger partial charge in [0.2, 0.25) is 5.91 Å². The first-order valence-corrected chi connectivity index (χ1v) is 10.4. The first-order valence-electron chi connectivity index (χ1n) is 10.4. The Morgan fingerprint density at radius 1 is 1.11 bits per heavy atom. The maximum atomic E-state index is 13.9. The van der Waals surface area contributed by atoms with Crippen molar-refractivity contribution in [3.63, 3.8) is 0 Å². The Labute approximate surface area is 167 Å². The monoisotopic (exact) mass is 392 g/mol. The highest BCUT2D eigenvalue weighted by Crippen LogP contribution is 2.20. The standard InChI is InChI=1S/C21H33FN4O2/c1-17-14-25(15-18(2)28-17)9-5-8-23-21(27)16-24-10-12-26(13-11-24)20-7-4-3-6-19(20)22/h3-4,6-7,17-18H,5,8-16H2,1-2H3,(H,23,27)/t17-,18-/m1/s1. The average molecular weight is 393 g/mol. The SMILES string of the molecule is C[C@@H]1CN(CCCNC(=O)CN2CCN(c3ccccc3F)CC2)C[C@@H](C)O1. The fraction of sp³-hybridized carbons (Fsp3) is 0.667. The number of ether oxygens (including phenoxy) is 1. The van der Waals surface area contributed by atoms with Gasteiger partial charge in [0.15, 0.2) is 0 Å². The molecule has 7 heteroatoms. The van der Waals surface area contributed by atoms with E-state index < -0.39 is 0 Å². The highest BCUT2D eigenvalue weighted by molar-refractivity contribution is 5.78. The van der Waals surface area contributed by atoms with E-state index >= 15 is 0 Å². The number of piperazine rings is 1. The molecule has 6 nitrogen and oxygen atoms in total. The Kier molecular flexibility index (Phi) is 7.65. The highest BCUT2D eigenvalue weighted by Gasteiger charge is 2.22. The number of para-hydroxylation sites is 1. The van der Waals surface area contributed by atoms with Gasteiger partial charge in [-0.3, -0.25) is 14.6 Å². The van der Waals surface area contributed by atoms with Crippen LogP contribution in [-0.2, 0) is 9.53 Å². The summed E-state index contributed by atoms with van der Waals surface area (Å²) in [6.07, 6.45) is 1.51. The van der Waals surface area contributed by atoms with E-state index in [1.807, 2.05) is 17.0 Å². The van der Waals surface area contributed by atoms with Gasteiger partial charge in [0.1, 0.15) is 5.82 Å². The van der Waals surface area contributed by atoms with Gasteiger partial charge >= 0.3 is 0 Å². The summed E-state index contributed by atoms with van der Waals surface area (Å²) >= 11 is 0. The van der Waals surface area contributed by atoms with Gasteiger partial charge < -0.3 is 15.0 Å². The molecule has 2 heterocycles. The number of benzene rings is 1. The van der Waals surface area contributed by atoms with Gasteiger partial charge in [0, 0.05) is 52.4 Å². The molecule has 1 N–H and O–H groups in total. The molecule has 0 aromatic heterocycles. The van der Waals surface area contributed by atoms with Crippen molar-refractivity contribution in [2.45, 2.75) is 32.5 Å². The van der Waals surface area contributed by atoms with Crippen molar-refractivity contribution in [3.8, 4) is 0 Å². The predicted octanol–water partition coefficient (Wildman–Crippen LogP) is 1.56. The number of anilines is 1. The number of carbonyl (C=O) groups is 1. The maximum absolute atomic E-state index is 13.9. The molecule has 0 aliphatic carbocycles. The first kappa shape index (κ1) is 21.0. The van der Waals surface area contributed by atoms with Gasteiger partial charge in [-0.25, -0.2) is 4.39 Å². The minimum absolute atomic E-state index is 0.0723. The van der Waals surface area contributed by atoms with Crippen LogP contribution in [0.5, 0.6) is 0 Å². The summed E-state index contributed by atoms with van der Waals surface area (Å²) < 4.78 is 19.6. The van der Waals surface area contributed by atoms with Crippen LogP contribution in [-0.4, -0.2) is 86.8 Å². The lowest BCUT2D eigenvalue weighted by atomic mass is 10.2. The number of hydrogen-bond donors (Lipinski definition) is 1. The molecular formula is C21H33FN4O2. The van der Waals surface area contributed by atoms with Crippen molar-refractivity contribution in [2.24, 2.45) is 0 Å². The van der Waals surface area contributed by atoms with Gasteiger partial charge in [-0.2, -0.15) is 0 Å². The Balaban J connectivity index is 1.30. The van der Waals surface area contributed by atoms with Crippen molar-refractivity contribution in [1.82, 2.24) is 15.1 Å². The Morgan fingerprint density at radius 2 is 1.79 bits per heavy atom. The third-order valence-electron chi connectivity index (χ3n) is 5.40. The van der Waals surface area contributed by atoms with Crippen LogP contribution in [0.3, 0.4) is 0 Å². The second kappa shape index (κ2) is 10.2. The molecule has 0 spiro atoms. The summed E-state index contributed by atoms with van der Waals surface area (Å²) in [6, 6.07) is 6.87. The van der Waals surface area contributed by atoms with Crippen LogP contribution in [0.1, 0.15) is 20.3 Å². The van der Waals surface area contributed by atoms with E-state index in [0.29, 0.717) is 18.8 Å². The maximum Gasteiger partial charge on any atom is 0.234 e. The van der Waals surface area contributed by atoms with Crippen LogP contribution in [0.4, 0.5) is 10.1 Å². The van der Waals surface area contributed by atoms with Crippen LogP contribution >= 0.6 is 0 Å². The van der Waals surface area contributed by atoms with Crippen molar-refractivity contribution in [2.75, 3.05) is 63.8 Å². The summed E-state index contributed by atoms with van der Waals surface area (Å²) in [6.45, 7) is 11.3. The fourth-order valence-electron chi connectivity index (χ4n) is 4.11. The zero-order valence-corrected chi connectivity index (χ0v) is 17.1. The summed E-state index contributed by atoms with van der Waals surface area (Å²) in [5.41, 5.74) is 0.651. The van der Waals surface area contributed by atoms with E-state index in [-0.39, 0.29) is 23.9 Å². The van der Waals surface area contributed by atoms with E-state index in [1.165, 1.54) is 6.07 Å². The quantitative estimate of drug-likeness (QED) is 0.714. The molecule has 156 valence electrons. The predicted molar refractivity (Wildman–Crippen MR) is 109 cm³/mol. The summed E-state index contributed by atoms with van der Waals surface area (Å²) in [4.78, 5) is 18.8. The van der Waals surface area contributed by atoms with E-state index in [9.17, 15) is 9.18 Å². The molecule has 3 rings (SSSR count). The lowest BCUT2D eigenvalue weighted by molar-refractivity contribution is -0.122. The molecule has 2 saturated heterocycles. The molecule has 0 saturated carbocycles. The zero-order chi connectivity index (χ0) is 19.9. The molecule has 1 amide bonds. The molecule has 0 unspecified atom stereocenters. The second-order valence-electron chi connectivity index (χ2n) is 7.94. The molecule has 1 aromatic rings. The van der Waals surface area contributed by atoms with E-state index in [2.05, 4.69) is 29.0 Å². The zero-order valence-electron chi connectivity index (χ0n) is 17.1. The van der Waals surface area contributed by atoms with Crippen LogP contribution in [0.25, 0.3) is 0 Å². The third-order valence-corrected chi connectivity index (χ3v) is 5.40. The van der Waals surface area contributed by atoms with Crippen LogP contribution in [0.2, 0.25) is 0 Å². The van der Waals surface area contributed by atoms with Crippen LogP contribution < -0.4 is 10.2 Å². The number of halogens is 1. The lowest BCUT2D eigenvalue weighted by Crippen LogP contribution is -2.50. The minimum atomic E-state index is -0.183. The van der Waals surface area contributed by atoms with Crippen LogP contribution in [0, 0.1) is 5.82 Å². The van der Waals surface area contributed by atoms with E-state index in [1.54, 1.807) is 6.07 Å². The van der Waals surface area contributed by atoms with Gasteiger partial charge in [-0.05, 0) is 32.4 Å². The Morgan fingerprint density at radius 3 is 2.46 bits per heavy atom. The topological polar surface area (TPSA) is 48.1 Å². The van der Waals surface area contributed by atoms with Gasteiger partial charge in [-0.15, -0.1) is 0 Å². The van der Waals surface area contributed by atoms with Crippen molar-refractivity contribution >= 4 is 11.6 Å². The summed E-state index contributed by atoms with van der Waals surface area (Å²) in [5.74, 6) is -0.110. The van der Waals surface area contributed by atoms with Crippen molar-refractivity contribution in [1.29, 1.82) is 0 Å². The minimum Gasteiger partial charge on any atom is -0.373 e. The number of amides is 1. The third kappa shape index (κ3) is 6.15. The second-order valence-corrected chi connectivity index (χ2v) is 7.94. The number of carbonyl (C=O) groups excluding carboxylic acids is 1. The Hall–Kier alpha value is -1.70. The summed E-state index contributed by atoms with van der Waals surface area (Å²) in [7, 11) is 0. The fourth-order valence-corrected chi connectivity index (χ4v) is 4.11. The number of nitrogens with zero attached hydrogens (tertiary/aromatic N) is 3. The number of nitrogens with one attached hydrogen (secondary N) is 1. The largest absolute Gasteiger partial charge is 0.373 e. The summed E-state index contributed by atoms with van der Waals surface area (Å²) in [5, 5.41) is 3.03. The smallest absolute Gasteiger partial charge is 0.234 e. The van der Waals surface area contributed by atoms with E-state index in [0.717, 1.165) is 52.2 Å². The molecule has 28 heavy (non-hydrogen) atoms. The Bertz CT molecular complexity index is 627. The number of rotatable bonds is 7. The molecule has 2 fully saturated rings. The van der Waals surface area contributed by atoms with Gasteiger partial charge in [-0.1, -0.05) is 12.1 Å². The number of morpholine rings is 1. The van der Waals surface area contributed by atoms with Crippen molar-refractivity contribution in [3.05, 3.63) is 30.1 Å². The molecule has 0 radical (unpaired) electrons.